The van der Waals surface area contributed by atoms with E-state index in [0.717, 1.165) is 49.7 Å². The van der Waals surface area contributed by atoms with Crippen LogP contribution < -0.4 is 5.43 Å². The highest BCUT2D eigenvalue weighted by Gasteiger charge is 2.41. The molecule has 0 bridgehead atoms. The van der Waals surface area contributed by atoms with E-state index in [0.29, 0.717) is 0 Å². The lowest BCUT2D eigenvalue weighted by molar-refractivity contribution is 0.371. The Morgan fingerprint density at radius 3 is 2.14 bits per heavy atom. The van der Waals surface area contributed by atoms with Crippen molar-refractivity contribution in [1.82, 2.24) is 15.0 Å². The van der Waals surface area contributed by atoms with E-state index in [2.05, 4.69) is 173 Å². The molecule has 2 aromatic heterocycles. The summed E-state index contributed by atoms with van der Waals surface area (Å²) >= 11 is 0. The van der Waals surface area contributed by atoms with Gasteiger partial charge in [-0.05, 0) is 52.1 Å². The topological polar surface area (TPSA) is 55.4 Å². The van der Waals surface area contributed by atoms with E-state index in [1.807, 2.05) is 18.5 Å². The number of hydrazine groups is 1. The summed E-state index contributed by atoms with van der Waals surface area (Å²) in [7, 11) is 0. The highest BCUT2D eigenvalue weighted by Crippen LogP contribution is 2.41. The summed E-state index contributed by atoms with van der Waals surface area (Å²) < 4.78 is 8.67. The maximum atomic E-state index is 6.43. The van der Waals surface area contributed by atoms with Crippen LogP contribution in [0.15, 0.2) is 179 Å². The smallest absolute Gasteiger partial charge is 0.144 e. The molecule has 7 aromatic carbocycles. The Kier molecular flexibility index (Phi) is 6.72. The molecule has 3 atom stereocenters. The molecule has 1 aliphatic rings. The monoisotopic (exact) mass is 644 g/mol. The third kappa shape index (κ3) is 4.83. The second-order valence-corrected chi connectivity index (χ2v) is 12.9. The Bertz CT molecular complexity index is 2710. The van der Waals surface area contributed by atoms with Gasteiger partial charge in [-0.3, -0.25) is 0 Å². The zero-order chi connectivity index (χ0) is 33.0. The van der Waals surface area contributed by atoms with E-state index in [1.54, 1.807) is 0 Å². The number of aromatic nitrogens is 1. The summed E-state index contributed by atoms with van der Waals surface area (Å²) in [6.45, 7) is 0. The van der Waals surface area contributed by atoms with Gasteiger partial charge < -0.3 is 8.98 Å². The van der Waals surface area contributed by atoms with Gasteiger partial charge in [-0.1, -0.05) is 146 Å². The maximum Gasteiger partial charge on any atom is 0.144 e. The van der Waals surface area contributed by atoms with Crippen LogP contribution in [0.25, 0.3) is 66.0 Å². The van der Waals surface area contributed by atoms with Crippen molar-refractivity contribution in [2.75, 3.05) is 0 Å². The number of hydrogen-bond acceptors (Lipinski definition) is 4. The van der Waals surface area contributed by atoms with Gasteiger partial charge in [-0.15, -0.1) is 0 Å². The minimum atomic E-state index is -0.231. The van der Waals surface area contributed by atoms with Crippen LogP contribution in [0.1, 0.15) is 23.5 Å². The van der Waals surface area contributed by atoms with Gasteiger partial charge in [0.1, 0.15) is 23.5 Å². The van der Waals surface area contributed by atoms with Crippen LogP contribution in [0, 0.1) is 0 Å². The van der Waals surface area contributed by atoms with E-state index in [1.165, 1.54) is 27.5 Å². The third-order valence-electron chi connectivity index (χ3n) is 9.90. The number of nitrogens with zero attached hydrogens (tertiary/aromatic N) is 3. The number of rotatable bonds is 7. The van der Waals surface area contributed by atoms with Crippen molar-refractivity contribution in [3.63, 3.8) is 0 Å². The number of para-hydroxylation sites is 3. The van der Waals surface area contributed by atoms with E-state index in [4.69, 9.17) is 9.41 Å². The molecule has 0 saturated carbocycles. The molecular formula is C45H32N4O. The minimum Gasteiger partial charge on any atom is -0.455 e. The van der Waals surface area contributed by atoms with Gasteiger partial charge in [0.05, 0.1) is 17.4 Å². The fraction of sp³-hybridized carbons (Fsp3) is 0.0444. The van der Waals surface area contributed by atoms with Crippen LogP contribution in [0.3, 0.4) is 0 Å². The quantitative estimate of drug-likeness (QED) is 0.107. The first-order valence-electron chi connectivity index (χ1n) is 17.0. The van der Waals surface area contributed by atoms with Crippen molar-refractivity contribution in [3.8, 4) is 22.3 Å². The first kappa shape index (κ1) is 28.7. The molecule has 3 heterocycles. The normalized spacial score (nSPS) is 16.6. The number of nitrogens with one attached hydrogen (secondary N) is 1. The van der Waals surface area contributed by atoms with E-state index in [-0.39, 0.29) is 12.3 Å². The predicted molar refractivity (Wildman–Crippen MR) is 205 cm³/mol. The van der Waals surface area contributed by atoms with Gasteiger partial charge in [0.2, 0.25) is 0 Å². The fourth-order valence-electron chi connectivity index (χ4n) is 7.41. The average Bonchev–Trinajstić information content (AvgIpc) is 3.79. The molecule has 3 unspecified atom stereocenters. The van der Waals surface area contributed by atoms with Gasteiger partial charge in [0, 0.05) is 27.1 Å². The molecule has 1 aliphatic heterocycles. The lowest BCUT2D eigenvalue weighted by Crippen LogP contribution is -2.11. The molecule has 1 saturated heterocycles. The van der Waals surface area contributed by atoms with Crippen LogP contribution >= 0.6 is 0 Å². The van der Waals surface area contributed by atoms with Crippen LogP contribution in [-0.2, 0) is 0 Å². The predicted octanol–water partition coefficient (Wildman–Crippen LogP) is 11.1. The zero-order valence-electron chi connectivity index (χ0n) is 27.1. The summed E-state index contributed by atoms with van der Waals surface area (Å²) in [6, 6.07) is 59.8. The standard InChI is InChI=1S/C45H32N4O/c1-3-13-30(14-4-1)32-17-11-18-34(27-32)45-47-49(45)44(31-15-5-2-6-16-31)46-29-48-40-23-9-7-19-36(40)37-26-25-33(28-41(37)48)35-21-12-22-39-38-20-8-10-24-42(38)50-43(35)39/h1-29,44-45,47H. The molecule has 0 spiro atoms. The number of hydrogen-bond donors (Lipinski definition) is 1. The van der Waals surface area contributed by atoms with Crippen LogP contribution in [-0.4, -0.2) is 15.9 Å². The van der Waals surface area contributed by atoms with Crippen molar-refractivity contribution in [2.45, 2.75) is 12.3 Å². The molecule has 1 fully saturated rings. The molecule has 0 radical (unpaired) electrons. The summed E-state index contributed by atoms with van der Waals surface area (Å²) in [5.41, 5.74) is 14.6. The SMILES string of the molecule is C(=NC(c1ccccc1)N1NC1c1cccc(-c2ccccc2)c1)n1c2ccccc2c2ccc(-c3cccc4c3oc3ccccc34)cc21. The largest absolute Gasteiger partial charge is 0.455 e. The zero-order valence-corrected chi connectivity index (χ0v) is 27.1. The first-order chi connectivity index (χ1) is 24.8. The lowest BCUT2D eigenvalue weighted by atomic mass is 10.0. The lowest BCUT2D eigenvalue weighted by Gasteiger charge is -2.14. The first-order valence-corrected chi connectivity index (χ1v) is 17.0. The minimum absolute atomic E-state index is 0.0510. The highest BCUT2D eigenvalue weighted by molar-refractivity contribution is 6.14. The van der Waals surface area contributed by atoms with Crippen LogP contribution in [0.4, 0.5) is 0 Å². The van der Waals surface area contributed by atoms with Crippen molar-refractivity contribution in [1.29, 1.82) is 0 Å². The van der Waals surface area contributed by atoms with Gasteiger partial charge >= 0.3 is 0 Å². The van der Waals surface area contributed by atoms with Crippen molar-refractivity contribution >= 4 is 50.1 Å². The van der Waals surface area contributed by atoms with Gasteiger partial charge in [-0.2, -0.15) is 5.01 Å². The molecule has 1 N–H and O–H groups in total. The summed E-state index contributed by atoms with van der Waals surface area (Å²) in [5.74, 6) is 0. The third-order valence-corrected chi connectivity index (χ3v) is 9.90. The maximum absolute atomic E-state index is 6.43. The Hall–Kier alpha value is -6.27. The molecule has 10 rings (SSSR count). The summed E-state index contributed by atoms with van der Waals surface area (Å²) in [4.78, 5) is 5.32. The molecule has 238 valence electrons. The number of furan rings is 1. The van der Waals surface area contributed by atoms with E-state index in [9.17, 15) is 0 Å². The Morgan fingerprint density at radius 1 is 0.560 bits per heavy atom. The Balaban J connectivity index is 1.07. The van der Waals surface area contributed by atoms with E-state index >= 15 is 0 Å². The highest BCUT2D eigenvalue weighted by atomic mass is 16.3. The molecule has 5 nitrogen and oxygen atoms in total. The van der Waals surface area contributed by atoms with Crippen molar-refractivity contribution in [3.05, 3.63) is 181 Å². The Morgan fingerprint density at radius 2 is 1.26 bits per heavy atom. The number of aliphatic imine (C=N–C) groups is 1. The molecule has 5 heteroatoms. The van der Waals surface area contributed by atoms with Crippen LogP contribution in [0.2, 0.25) is 0 Å². The second-order valence-electron chi connectivity index (χ2n) is 12.9. The van der Waals surface area contributed by atoms with Crippen molar-refractivity contribution in [2.24, 2.45) is 4.99 Å². The fourth-order valence-corrected chi connectivity index (χ4v) is 7.41. The average molecular weight is 645 g/mol. The number of benzene rings is 7. The van der Waals surface area contributed by atoms with Crippen LogP contribution in [0.5, 0.6) is 0 Å². The van der Waals surface area contributed by atoms with E-state index < -0.39 is 0 Å². The van der Waals surface area contributed by atoms with Gasteiger partial charge in [0.25, 0.3) is 0 Å². The second kappa shape index (κ2) is 11.7. The van der Waals surface area contributed by atoms with Gasteiger partial charge in [-0.25, -0.2) is 10.4 Å². The molecule has 0 amide bonds. The molecule has 0 aliphatic carbocycles. The number of fused-ring (bicyclic) bond motifs is 6. The molecule has 9 aromatic rings. The summed E-state index contributed by atoms with van der Waals surface area (Å²) in [6.07, 6.45) is 1.83. The van der Waals surface area contributed by atoms with Crippen molar-refractivity contribution < 1.29 is 4.42 Å². The summed E-state index contributed by atoms with van der Waals surface area (Å²) in [5, 5.41) is 6.87. The Labute approximate surface area is 289 Å². The van der Waals surface area contributed by atoms with Gasteiger partial charge in [0.15, 0.2) is 0 Å². The molecule has 50 heavy (non-hydrogen) atoms. The molecular weight excluding hydrogens is 613 g/mol.